The van der Waals surface area contributed by atoms with Crippen LogP contribution in [-0.2, 0) is 21.4 Å². The van der Waals surface area contributed by atoms with Crippen LogP contribution in [0.25, 0.3) is 0 Å². The Morgan fingerprint density at radius 2 is 1.93 bits per heavy atom. The first-order chi connectivity index (χ1) is 12.7. The molecule has 0 atom stereocenters. The van der Waals surface area contributed by atoms with Gasteiger partial charge < -0.3 is 4.74 Å². The third kappa shape index (κ3) is 5.03. The van der Waals surface area contributed by atoms with E-state index < -0.39 is 21.5 Å². The van der Waals surface area contributed by atoms with Crippen LogP contribution >= 0.6 is 0 Å². The summed E-state index contributed by atoms with van der Waals surface area (Å²) in [6.45, 7) is 3.27. The van der Waals surface area contributed by atoms with Gasteiger partial charge in [-0.2, -0.15) is 4.31 Å². The highest BCUT2D eigenvalue weighted by Crippen LogP contribution is 2.30. The Morgan fingerprint density at radius 3 is 2.44 bits per heavy atom. The Hall–Kier alpha value is -2.49. The summed E-state index contributed by atoms with van der Waals surface area (Å²) in [5, 5.41) is 8.86. The monoisotopic (exact) mass is 393 g/mol. The van der Waals surface area contributed by atoms with E-state index in [0.717, 1.165) is 0 Å². The summed E-state index contributed by atoms with van der Waals surface area (Å²) in [6, 6.07) is 9.48. The van der Waals surface area contributed by atoms with Crippen molar-refractivity contribution in [3.63, 3.8) is 0 Å². The third-order valence-electron chi connectivity index (χ3n) is 4.09. The van der Waals surface area contributed by atoms with Crippen LogP contribution in [0, 0.1) is 0 Å². The highest BCUT2D eigenvalue weighted by molar-refractivity contribution is 7.89. The summed E-state index contributed by atoms with van der Waals surface area (Å²) in [5.74, 6) is -0.146. The first kappa shape index (κ1) is 20.8. The van der Waals surface area contributed by atoms with Crippen molar-refractivity contribution in [2.75, 3.05) is 7.11 Å². The highest BCUT2D eigenvalue weighted by atomic mass is 32.2. The number of rotatable bonds is 8. The van der Waals surface area contributed by atoms with Gasteiger partial charge in [0.15, 0.2) is 0 Å². The zero-order chi connectivity index (χ0) is 20.1. The van der Waals surface area contributed by atoms with Crippen LogP contribution in [0.3, 0.4) is 0 Å². The lowest BCUT2D eigenvalue weighted by molar-refractivity contribution is -0.131. The number of pyridine rings is 1. The molecule has 0 spiro atoms. The van der Waals surface area contributed by atoms with Crippen LogP contribution in [0.5, 0.6) is 5.75 Å². The Bertz CT molecular complexity index is 868. The minimum absolute atomic E-state index is 0.0217. The number of carbonyl (C=O) groups is 1. The molecule has 0 radical (unpaired) electrons. The number of sulfonamides is 1. The van der Waals surface area contributed by atoms with Crippen LogP contribution < -0.4 is 10.2 Å². The maximum absolute atomic E-state index is 13.3. The lowest BCUT2D eigenvalue weighted by Crippen LogP contribution is -2.49. The van der Waals surface area contributed by atoms with Crippen molar-refractivity contribution in [1.29, 1.82) is 0 Å². The van der Waals surface area contributed by atoms with Gasteiger partial charge in [0.2, 0.25) is 15.9 Å². The molecule has 0 bridgehead atoms. The molecule has 0 aliphatic carbocycles. The second-order valence-corrected chi connectivity index (χ2v) is 8.43. The summed E-state index contributed by atoms with van der Waals surface area (Å²) >= 11 is 0. The first-order valence-corrected chi connectivity index (χ1v) is 9.63. The molecule has 0 fully saturated rings. The number of nitrogens with zero attached hydrogens (tertiary/aromatic N) is 2. The molecule has 1 amide bonds. The molecular formula is C18H23N3O5S. The summed E-state index contributed by atoms with van der Waals surface area (Å²) in [5.41, 5.74) is 1.12. The maximum Gasteiger partial charge on any atom is 0.245 e. The standard InChI is InChI=1S/C18H23N3O5S/c1-18(2,11-17(22)20-23)21(13-14-5-4-10-19-12-14)27(24,25)16-8-6-15(26-3)7-9-16/h4-10,12,23H,11,13H2,1-3H3,(H,20,22). The SMILES string of the molecule is COc1ccc(S(=O)(=O)N(Cc2cccnc2)C(C)(C)CC(=O)NO)cc1. The molecule has 0 unspecified atom stereocenters. The van der Waals surface area contributed by atoms with Gasteiger partial charge >= 0.3 is 0 Å². The Kier molecular flexibility index (Phi) is 6.53. The number of nitrogens with one attached hydrogen (secondary N) is 1. The Morgan fingerprint density at radius 1 is 1.26 bits per heavy atom. The molecule has 2 rings (SSSR count). The van der Waals surface area contributed by atoms with Gasteiger partial charge in [0.1, 0.15) is 5.75 Å². The number of hydrogen-bond acceptors (Lipinski definition) is 6. The number of aromatic nitrogens is 1. The zero-order valence-corrected chi connectivity index (χ0v) is 16.2. The van der Waals surface area contributed by atoms with E-state index in [1.807, 2.05) is 0 Å². The van der Waals surface area contributed by atoms with Crippen molar-refractivity contribution in [2.24, 2.45) is 0 Å². The Balaban J connectivity index is 2.47. The Labute approximate surface area is 158 Å². The van der Waals surface area contributed by atoms with Gasteiger partial charge in [-0.05, 0) is 49.7 Å². The van der Waals surface area contributed by atoms with E-state index in [0.29, 0.717) is 11.3 Å². The largest absolute Gasteiger partial charge is 0.497 e. The fourth-order valence-electron chi connectivity index (χ4n) is 2.68. The fraction of sp³-hybridized carbons (Fsp3) is 0.333. The molecule has 146 valence electrons. The van der Waals surface area contributed by atoms with Crippen molar-refractivity contribution in [3.05, 3.63) is 54.4 Å². The number of methoxy groups -OCH3 is 1. The van der Waals surface area contributed by atoms with E-state index in [-0.39, 0.29) is 17.9 Å². The van der Waals surface area contributed by atoms with Gasteiger partial charge in [-0.1, -0.05) is 6.07 Å². The molecule has 9 heteroatoms. The predicted molar refractivity (Wildman–Crippen MR) is 98.6 cm³/mol. The van der Waals surface area contributed by atoms with E-state index in [1.54, 1.807) is 56.0 Å². The van der Waals surface area contributed by atoms with Crippen LogP contribution in [0.15, 0.2) is 53.7 Å². The minimum Gasteiger partial charge on any atom is -0.497 e. The number of carbonyl (C=O) groups excluding carboxylic acids is 1. The number of hydroxylamine groups is 1. The van der Waals surface area contributed by atoms with Gasteiger partial charge in [0.25, 0.3) is 0 Å². The summed E-state index contributed by atoms with van der Waals surface area (Å²) < 4.78 is 33.0. The normalized spacial score (nSPS) is 12.0. The lowest BCUT2D eigenvalue weighted by atomic mass is 10.00. The first-order valence-electron chi connectivity index (χ1n) is 8.19. The molecule has 0 saturated carbocycles. The van der Waals surface area contributed by atoms with E-state index in [4.69, 9.17) is 9.94 Å². The molecule has 1 aromatic carbocycles. The van der Waals surface area contributed by atoms with E-state index in [2.05, 4.69) is 4.98 Å². The molecule has 8 nitrogen and oxygen atoms in total. The summed E-state index contributed by atoms with van der Waals surface area (Å²) in [6.07, 6.45) is 2.94. The molecule has 0 saturated heterocycles. The fourth-order valence-corrected chi connectivity index (χ4v) is 4.45. The predicted octanol–water partition coefficient (Wildman–Crippen LogP) is 1.96. The van der Waals surface area contributed by atoms with Crippen molar-refractivity contribution in [3.8, 4) is 5.75 Å². The van der Waals surface area contributed by atoms with E-state index in [9.17, 15) is 13.2 Å². The maximum atomic E-state index is 13.3. The number of benzene rings is 1. The van der Waals surface area contributed by atoms with Crippen molar-refractivity contribution in [2.45, 2.75) is 37.2 Å². The quantitative estimate of drug-likeness (QED) is 0.524. The van der Waals surface area contributed by atoms with E-state index >= 15 is 0 Å². The molecule has 1 aromatic heterocycles. The van der Waals surface area contributed by atoms with Gasteiger partial charge in [0, 0.05) is 30.9 Å². The van der Waals surface area contributed by atoms with Gasteiger partial charge in [-0.15, -0.1) is 0 Å². The highest BCUT2D eigenvalue weighted by Gasteiger charge is 2.38. The topological polar surface area (TPSA) is 109 Å². The van der Waals surface area contributed by atoms with E-state index in [1.165, 1.54) is 23.5 Å². The second kappa shape index (κ2) is 8.47. The molecule has 1 heterocycles. The molecule has 2 aromatic rings. The summed E-state index contributed by atoms with van der Waals surface area (Å²) in [7, 11) is -2.45. The van der Waals surface area contributed by atoms with Crippen LogP contribution in [0.4, 0.5) is 0 Å². The molecule has 0 aliphatic rings. The van der Waals surface area contributed by atoms with Gasteiger partial charge in [-0.25, -0.2) is 13.9 Å². The minimum atomic E-state index is -3.95. The van der Waals surface area contributed by atoms with Crippen LogP contribution in [0.1, 0.15) is 25.8 Å². The number of amides is 1. The lowest BCUT2D eigenvalue weighted by Gasteiger charge is -2.37. The number of ether oxygens (including phenoxy) is 1. The molecule has 27 heavy (non-hydrogen) atoms. The van der Waals surface area contributed by atoms with Crippen molar-refractivity contribution < 1.29 is 23.2 Å². The smallest absolute Gasteiger partial charge is 0.245 e. The van der Waals surface area contributed by atoms with Crippen molar-refractivity contribution in [1.82, 2.24) is 14.8 Å². The average molecular weight is 393 g/mol. The van der Waals surface area contributed by atoms with Crippen LogP contribution in [-0.4, -0.2) is 41.5 Å². The van der Waals surface area contributed by atoms with Crippen molar-refractivity contribution >= 4 is 15.9 Å². The molecule has 2 N–H and O–H groups in total. The summed E-state index contributed by atoms with van der Waals surface area (Å²) in [4.78, 5) is 15.8. The second-order valence-electron chi connectivity index (χ2n) is 6.57. The molecular weight excluding hydrogens is 370 g/mol. The zero-order valence-electron chi connectivity index (χ0n) is 15.4. The van der Waals surface area contributed by atoms with Crippen LogP contribution in [0.2, 0.25) is 0 Å². The van der Waals surface area contributed by atoms with Gasteiger partial charge in [0.05, 0.1) is 12.0 Å². The number of hydrogen-bond donors (Lipinski definition) is 2. The molecule has 0 aliphatic heterocycles. The average Bonchev–Trinajstić information content (AvgIpc) is 2.66. The third-order valence-corrected chi connectivity index (χ3v) is 6.16. The van der Waals surface area contributed by atoms with Gasteiger partial charge in [-0.3, -0.25) is 15.0 Å².